The number of aromatic nitrogens is 1. The minimum atomic E-state index is -1.02. The lowest BCUT2D eigenvalue weighted by atomic mass is 9.88. The van der Waals surface area contributed by atoms with Crippen LogP contribution in [0.3, 0.4) is 0 Å². The smallest absolute Gasteiger partial charge is 0.307 e. The molecule has 1 aliphatic rings. The number of nitrogens with zero attached hydrogens (tertiary/aromatic N) is 1. The van der Waals surface area contributed by atoms with Gasteiger partial charge in [-0.2, -0.15) is 0 Å². The van der Waals surface area contributed by atoms with E-state index in [9.17, 15) is 24.5 Å². The molecule has 0 unspecified atom stereocenters. The summed E-state index contributed by atoms with van der Waals surface area (Å²) in [6.45, 7) is 4.70. The molecule has 1 saturated carbocycles. The van der Waals surface area contributed by atoms with Gasteiger partial charge in [0.15, 0.2) is 6.10 Å². The first kappa shape index (κ1) is 20.7. The Bertz CT molecular complexity index is 979. The highest BCUT2D eigenvalue weighted by molar-refractivity contribution is 6.11. The van der Waals surface area contributed by atoms with Crippen LogP contribution in [0.25, 0.3) is 10.9 Å². The first-order chi connectivity index (χ1) is 13.7. The Labute approximate surface area is 167 Å². The predicted octanol–water partition coefficient (Wildman–Crippen LogP) is 3.10. The van der Waals surface area contributed by atoms with Crippen molar-refractivity contribution in [3.63, 3.8) is 0 Å². The fraction of sp³-hybridized carbons (Fsp3) is 0.476. The SMILES string of the molecule is Cc1[nH]c2ccccc2c1C(=O)[C@@H](C)OC(=O)C[C@@H]1C(=O)C[C@@H](C)[C@H]1C[N+](=O)[O-]. The lowest BCUT2D eigenvalue weighted by Crippen LogP contribution is -2.30. The van der Waals surface area contributed by atoms with E-state index in [1.807, 2.05) is 24.3 Å². The van der Waals surface area contributed by atoms with Gasteiger partial charge in [0.2, 0.25) is 12.3 Å². The highest BCUT2D eigenvalue weighted by Gasteiger charge is 2.44. The average Bonchev–Trinajstić information content (AvgIpc) is 3.10. The molecule has 0 spiro atoms. The summed E-state index contributed by atoms with van der Waals surface area (Å²) in [5.74, 6) is -2.57. The summed E-state index contributed by atoms with van der Waals surface area (Å²) in [4.78, 5) is 51.1. The second-order valence-electron chi connectivity index (χ2n) is 7.80. The molecule has 2 aromatic rings. The maximum atomic E-state index is 12.9. The normalized spacial score (nSPS) is 22.6. The molecule has 0 radical (unpaired) electrons. The van der Waals surface area contributed by atoms with Gasteiger partial charge in [0.1, 0.15) is 5.78 Å². The van der Waals surface area contributed by atoms with Crippen molar-refractivity contribution in [1.82, 2.24) is 4.98 Å². The van der Waals surface area contributed by atoms with E-state index in [2.05, 4.69) is 4.98 Å². The van der Waals surface area contributed by atoms with Gasteiger partial charge in [0.25, 0.3) is 0 Å². The van der Waals surface area contributed by atoms with E-state index in [0.29, 0.717) is 11.3 Å². The molecule has 0 aliphatic heterocycles. The first-order valence-corrected chi connectivity index (χ1v) is 9.64. The van der Waals surface area contributed by atoms with Crippen LogP contribution in [-0.4, -0.2) is 40.1 Å². The molecule has 8 heteroatoms. The zero-order valence-electron chi connectivity index (χ0n) is 16.6. The number of esters is 1. The molecule has 1 fully saturated rings. The Balaban J connectivity index is 1.70. The Kier molecular flexibility index (Phi) is 5.81. The number of ether oxygens (including phenoxy) is 1. The second-order valence-corrected chi connectivity index (χ2v) is 7.80. The zero-order valence-corrected chi connectivity index (χ0v) is 16.6. The van der Waals surface area contributed by atoms with E-state index >= 15 is 0 Å². The summed E-state index contributed by atoms with van der Waals surface area (Å²) < 4.78 is 5.31. The number of carbonyl (C=O) groups excluding carboxylic acids is 3. The molecular weight excluding hydrogens is 376 g/mol. The summed E-state index contributed by atoms with van der Waals surface area (Å²) in [6.07, 6.45) is -1.05. The van der Waals surface area contributed by atoms with Crippen molar-refractivity contribution in [1.29, 1.82) is 0 Å². The second kappa shape index (κ2) is 8.14. The minimum absolute atomic E-state index is 0.154. The maximum absolute atomic E-state index is 12.9. The van der Waals surface area contributed by atoms with Crippen molar-refractivity contribution in [2.45, 2.75) is 39.7 Å². The molecule has 1 heterocycles. The molecule has 29 heavy (non-hydrogen) atoms. The number of aromatic amines is 1. The third-order valence-corrected chi connectivity index (χ3v) is 5.75. The standard InChI is InChI=1S/C21H24N2O6/c1-11-8-18(24)15(16(11)10-23(27)28)9-19(25)29-13(3)21(26)20-12(2)22-17-7-5-4-6-14(17)20/h4-7,11,13,15-16,22H,8-10H2,1-3H3/t11-,13-,15+,16-/m1/s1. The van der Waals surface area contributed by atoms with Gasteiger partial charge in [-0.25, -0.2) is 0 Å². The van der Waals surface area contributed by atoms with E-state index in [-0.39, 0.29) is 36.9 Å². The summed E-state index contributed by atoms with van der Waals surface area (Å²) in [7, 11) is 0. The van der Waals surface area contributed by atoms with Crippen LogP contribution >= 0.6 is 0 Å². The van der Waals surface area contributed by atoms with Crippen molar-refractivity contribution < 1.29 is 24.0 Å². The number of hydrogen-bond donors (Lipinski definition) is 1. The summed E-state index contributed by atoms with van der Waals surface area (Å²) in [5.41, 5.74) is 1.97. The molecule has 4 atom stereocenters. The topological polar surface area (TPSA) is 119 Å². The Morgan fingerprint density at radius 1 is 1.34 bits per heavy atom. The minimum Gasteiger partial charge on any atom is -0.454 e. The third kappa shape index (κ3) is 4.21. The van der Waals surface area contributed by atoms with Gasteiger partial charge in [0.05, 0.1) is 6.42 Å². The molecule has 0 bridgehead atoms. The van der Waals surface area contributed by atoms with Gasteiger partial charge >= 0.3 is 5.97 Å². The van der Waals surface area contributed by atoms with Crippen molar-refractivity contribution in [3.05, 3.63) is 45.6 Å². The van der Waals surface area contributed by atoms with E-state index in [1.54, 1.807) is 13.8 Å². The summed E-state index contributed by atoms with van der Waals surface area (Å²) in [6, 6.07) is 7.36. The monoisotopic (exact) mass is 400 g/mol. The number of nitro groups is 1. The molecule has 1 aromatic heterocycles. The molecule has 1 aliphatic carbocycles. The Hall–Kier alpha value is -3.03. The quantitative estimate of drug-likeness (QED) is 0.330. The van der Waals surface area contributed by atoms with E-state index in [0.717, 1.165) is 10.9 Å². The van der Waals surface area contributed by atoms with Gasteiger partial charge in [-0.3, -0.25) is 24.5 Å². The van der Waals surface area contributed by atoms with Crippen LogP contribution < -0.4 is 0 Å². The zero-order chi connectivity index (χ0) is 21.3. The lowest BCUT2D eigenvalue weighted by molar-refractivity contribution is -0.490. The lowest BCUT2D eigenvalue weighted by Gasteiger charge is -2.18. The van der Waals surface area contributed by atoms with Gasteiger partial charge in [-0.15, -0.1) is 0 Å². The molecule has 1 N–H and O–H groups in total. The number of rotatable bonds is 7. The van der Waals surface area contributed by atoms with Gasteiger partial charge in [-0.1, -0.05) is 25.1 Å². The molecule has 0 amide bonds. The van der Waals surface area contributed by atoms with Crippen molar-refractivity contribution >= 4 is 28.4 Å². The molecule has 1 aromatic carbocycles. The number of H-pyrrole nitrogens is 1. The highest BCUT2D eigenvalue weighted by Crippen LogP contribution is 2.36. The molecular formula is C21H24N2O6. The van der Waals surface area contributed by atoms with Crippen LogP contribution in [0.5, 0.6) is 0 Å². The highest BCUT2D eigenvalue weighted by atomic mass is 16.6. The van der Waals surface area contributed by atoms with E-state index < -0.39 is 28.8 Å². The van der Waals surface area contributed by atoms with Crippen LogP contribution in [0.2, 0.25) is 0 Å². The third-order valence-electron chi connectivity index (χ3n) is 5.75. The van der Waals surface area contributed by atoms with Gasteiger partial charge < -0.3 is 9.72 Å². The number of fused-ring (bicyclic) bond motifs is 1. The fourth-order valence-electron chi connectivity index (χ4n) is 4.28. The number of aryl methyl sites for hydroxylation is 1. The van der Waals surface area contributed by atoms with Crippen LogP contribution in [-0.2, 0) is 14.3 Å². The van der Waals surface area contributed by atoms with Crippen LogP contribution in [0.1, 0.15) is 42.7 Å². The maximum Gasteiger partial charge on any atom is 0.307 e. The fourth-order valence-corrected chi connectivity index (χ4v) is 4.28. The van der Waals surface area contributed by atoms with Crippen molar-refractivity contribution in [3.8, 4) is 0 Å². The molecule has 3 rings (SSSR count). The van der Waals surface area contributed by atoms with Crippen molar-refractivity contribution in [2.24, 2.45) is 17.8 Å². The molecule has 154 valence electrons. The number of nitrogens with one attached hydrogen (secondary N) is 1. The predicted molar refractivity (Wildman–Crippen MR) is 105 cm³/mol. The van der Waals surface area contributed by atoms with Crippen LogP contribution in [0.15, 0.2) is 24.3 Å². The molecule has 0 saturated heterocycles. The first-order valence-electron chi connectivity index (χ1n) is 9.64. The van der Waals surface area contributed by atoms with Crippen LogP contribution in [0.4, 0.5) is 0 Å². The van der Waals surface area contributed by atoms with Crippen LogP contribution in [0, 0.1) is 34.8 Å². The van der Waals surface area contributed by atoms with Gasteiger partial charge in [0, 0.05) is 45.3 Å². The number of carbonyl (C=O) groups is 3. The summed E-state index contributed by atoms with van der Waals surface area (Å²) in [5, 5.41) is 11.7. The number of hydrogen-bond acceptors (Lipinski definition) is 6. The molecule has 8 nitrogen and oxygen atoms in total. The Morgan fingerprint density at radius 2 is 2.03 bits per heavy atom. The van der Waals surface area contributed by atoms with Gasteiger partial charge in [-0.05, 0) is 25.8 Å². The largest absolute Gasteiger partial charge is 0.454 e. The van der Waals surface area contributed by atoms with E-state index in [1.165, 1.54) is 6.92 Å². The number of Topliss-reactive ketones (excluding diaryl/α,β-unsaturated/α-hetero) is 2. The summed E-state index contributed by atoms with van der Waals surface area (Å²) >= 11 is 0. The number of para-hydroxylation sites is 1. The Morgan fingerprint density at radius 3 is 2.72 bits per heavy atom. The average molecular weight is 400 g/mol. The number of ketones is 2. The number of benzene rings is 1. The van der Waals surface area contributed by atoms with E-state index in [4.69, 9.17) is 4.74 Å². The van der Waals surface area contributed by atoms with Crippen molar-refractivity contribution in [2.75, 3.05) is 6.54 Å².